The number of Topliss-reactive ketones (excluding diaryl/α,β-unsaturated/α-hetero) is 2. The minimum atomic E-state index is -1.35. The van der Waals surface area contributed by atoms with Crippen molar-refractivity contribution in [2.75, 3.05) is 62.6 Å². The number of anilines is 1. The van der Waals surface area contributed by atoms with Gasteiger partial charge in [-0.1, -0.05) is 154 Å². The summed E-state index contributed by atoms with van der Waals surface area (Å²) in [6.07, 6.45) is 20.0. The first-order chi connectivity index (χ1) is 35.0. The molecular weight excluding hydrogens is 963 g/mol. The highest BCUT2D eigenvalue weighted by Gasteiger charge is 2.36. The van der Waals surface area contributed by atoms with E-state index in [4.69, 9.17) is 18.6 Å². The molecule has 0 saturated heterocycles. The summed E-state index contributed by atoms with van der Waals surface area (Å²) < 4.78 is 22.8. The van der Waals surface area contributed by atoms with Crippen LogP contribution in [0.4, 0.5) is 5.69 Å². The maximum Gasteiger partial charge on any atom is 0.227 e. The standard InChI is InChI=1S/C40H57N5O7S2.C16H36OSi/c1-2-3-4-17-37(48)41-21-29-54-53-28-20-33(47)13-10-23-51-25-27-52-26-24-50-22-9-12-32(46)18-19-38(49)45-30-31-11-5-6-14-34(31)39-40(43-44-42-39)35-15-7-8-16-36(35)45;1-6-7-8-9-10-11-12-13-14-15-18(4,5)17-16(2)3/h5-8,11,14-16,39-40H,2-4,9-10,12-13,17-30H2,1H3,(H,41,48)(H,42,43);16H,6-15H2,1-5H3. The zero-order valence-corrected chi connectivity index (χ0v) is 47.8. The van der Waals surface area contributed by atoms with Crippen LogP contribution in [-0.4, -0.2) is 95.5 Å². The molecule has 2 atom stereocenters. The van der Waals surface area contributed by atoms with Crippen molar-refractivity contribution in [3.8, 4) is 0 Å². The van der Waals surface area contributed by atoms with Crippen molar-refractivity contribution in [2.24, 2.45) is 10.3 Å². The molecular formula is C56H93N5O8S2Si. The Morgan fingerprint density at radius 3 is 1.90 bits per heavy atom. The van der Waals surface area contributed by atoms with Crippen LogP contribution in [0.1, 0.15) is 185 Å². The van der Waals surface area contributed by atoms with E-state index >= 15 is 0 Å². The highest BCUT2D eigenvalue weighted by atomic mass is 33.1. The summed E-state index contributed by atoms with van der Waals surface area (Å²) in [6, 6.07) is 16.9. The number of nitrogens with zero attached hydrogens (tertiary/aromatic N) is 3. The smallest absolute Gasteiger partial charge is 0.227 e. The molecule has 0 saturated carbocycles. The van der Waals surface area contributed by atoms with Crippen LogP contribution in [-0.2, 0) is 44.4 Å². The quantitative estimate of drug-likeness (QED) is 0.0372. The van der Waals surface area contributed by atoms with Gasteiger partial charge in [0.15, 0.2) is 8.32 Å². The average molecular weight is 1060 g/mol. The third-order valence-corrected chi connectivity index (χ3v) is 17.7. The van der Waals surface area contributed by atoms with Crippen molar-refractivity contribution < 1.29 is 37.8 Å². The van der Waals surface area contributed by atoms with E-state index in [0.717, 1.165) is 53.1 Å². The molecule has 72 heavy (non-hydrogen) atoms. The van der Waals surface area contributed by atoms with E-state index in [2.05, 4.69) is 67.9 Å². The zero-order valence-electron chi connectivity index (χ0n) is 45.2. The van der Waals surface area contributed by atoms with Gasteiger partial charge in [-0.3, -0.25) is 24.6 Å². The first-order valence-electron chi connectivity index (χ1n) is 27.5. The van der Waals surface area contributed by atoms with Crippen LogP contribution in [0.15, 0.2) is 58.9 Å². The molecule has 0 spiro atoms. The summed E-state index contributed by atoms with van der Waals surface area (Å²) >= 11 is 0. The molecule has 2 heterocycles. The second-order valence-electron chi connectivity index (χ2n) is 19.8. The fourth-order valence-electron chi connectivity index (χ4n) is 8.82. The van der Waals surface area contributed by atoms with Crippen LogP contribution in [0.25, 0.3) is 0 Å². The second-order valence-corrected chi connectivity index (χ2v) is 26.8. The number of benzene rings is 2. The van der Waals surface area contributed by atoms with Gasteiger partial charge in [0.25, 0.3) is 0 Å². The fraction of sp³-hybridized carbons (Fsp3) is 0.714. The minimum absolute atomic E-state index is 0.0426. The lowest BCUT2D eigenvalue weighted by Gasteiger charge is -2.32. The number of carbonyl (C=O) groups is 4. The summed E-state index contributed by atoms with van der Waals surface area (Å²) in [5.41, 5.74) is 6.99. The third kappa shape index (κ3) is 28.0. The van der Waals surface area contributed by atoms with Gasteiger partial charge in [-0.25, -0.2) is 0 Å². The molecule has 0 fully saturated rings. The summed E-state index contributed by atoms with van der Waals surface area (Å²) in [5.74, 6) is 1.94. The van der Waals surface area contributed by atoms with Gasteiger partial charge < -0.3 is 28.9 Å². The first-order valence-corrected chi connectivity index (χ1v) is 33.1. The zero-order chi connectivity index (χ0) is 52.1. The molecule has 2 aliphatic heterocycles. The predicted octanol–water partition coefficient (Wildman–Crippen LogP) is 13.4. The number of rotatable bonds is 40. The van der Waals surface area contributed by atoms with Crippen molar-refractivity contribution in [1.29, 1.82) is 0 Å². The van der Waals surface area contributed by atoms with Crippen LogP contribution < -0.4 is 15.6 Å². The molecule has 2 aromatic carbocycles. The van der Waals surface area contributed by atoms with E-state index in [0.29, 0.717) is 97.4 Å². The summed E-state index contributed by atoms with van der Waals surface area (Å²) in [6.45, 7) is 17.3. The number of para-hydroxylation sites is 1. The van der Waals surface area contributed by atoms with Crippen LogP contribution in [0.2, 0.25) is 19.1 Å². The molecule has 0 radical (unpaired) electrons. The molecule has 16 heteroatoms. The average Bonchev–Trinajstić information content (AvgIpc) is 3.84. The molecule has 13 nitrogen and oxygen atoms in total. The lowest BCUT2D eigenvalue weighted by Crippen LogP contribution is -2.34. The maximum atomic E-state index is 13.6. The molecule has 0 bridgehead atoms. The number of ketones is 2. The van der Waals surface area contributed by atoms with Gasteiger partial charge in [-0.15, -0.1) is 0 Å². The number of ether oxygens (including phenoxy) is 3. The van der Waals surface area contributed by atoms with E-state index in [1.54, 1.807) is 26.5 Å². The van der Waals surface area contributed by atoms with Gasteiger partial charge in [-0.2, -0.15) is 5.11 Å². The summed E-state index contributed by atoms with van der Waals surface area (Å²) in [7, 11) is 2.02. The van der Waals surface area contributed by atoms with Crippen LogP contribution in [0.3, 0.4) is 0 Å². The van der Waals surface area contributed by atoms with E-state index in [9.17, 15) is 19.2 Å². The first kappa shape index (κ1) is 63.2. The molecule has 2 aliphatic rings. The molecule has 406 valence electrons. The third-order valence-electron chi connectivity index (χ3n) is 12.6. The molecule has 4 rings (SSSR count). The molecule has 2 unspecified atom stereocenters. The Balaban J connectivity index is 0.000000644. The molecule has 0 aliphatic carbocycles. The number of carbonyl (C=O) groups excluding carboxylic acids is 4. The van der Waals surface area contributed by atoms with Gasteiger partial charge in [0.1, 0.15) is 17.6 Å². The van der Waals surface area contributed by atoms with E-state index < -0.39 is 8.32 Å². The Labute approximate surface area is 443 Å². The van der Waals surface area contributed by atoms with Crippen LogP contribution in [0, 0.1) is 0 Å². The van der Waals surface area contributed by atoms with E-state index in [1.807, 2.05) is 42.5 Å². The van der Waals surface area contributed by atoms with Gasteiger partial charge in [0, 0.05) is 87.1 Å². The topological polar surface area (TPSA) is 157 Å². The summed E-state index contributed by atoms with van der Waals surface area (Å²) in [5, 5.41) is 11.5. The Hall–Kier alpha value is -3.12. The normalized spacial score (nSPS) is 14.9. The number of fused-ring (bicyclic) bond motifs is 5. The Kier molecular flexibility index (Phi) is 34.5. The highest BCUT2D eigenvalue weighted by Crippen LogP contribution is 2.44. The molecule has 2 amide bonds. The number of hydrogen-bond donors (Lipinski definition) is 2. The number of amides is 2. The van der Waals surface area contributed by atoms with Crippen molar-refractivity contribution in [1.82, 2.24) is 10.7 Å². The lowest BCUT2D eigenvalue weighted by molar-refractivity contribution is -0.124. The molecule has 2 N–H and O–H groups in total. The fourth-order valence-corrected chi connectivity index (χ4v) is 13.3. The maximum absolute atomic E-state index is 13.6. The number of hydrogen-bond acceptors (Lipinski definition) is 13. The van der Waals surface area contributed by atoms with Gasteiger partial charge in [-0.05, 0) is 69.4 Å². The van der Waals surface area contributed by atoms with E-state index in [-0.39, 0.29) is 48.3 Å². The Morgan fingerprint density at radius 2 is 1.24 bits per heavy atom. The predicted molar refractivity (Wildman–Crippen MR) is 300 cm³/mol. The van der Waals surface area contributed by atoms with Gasteiger partial charge >= 0.3 is 0 Å². The number of unbranched alkanes of at least 4 members (excludes halogenated alkanes) is 10. The van der Waals surface area contributed by atoms with Crippen molar-refractivity contribution in [3.63, 3.8) is 0 Å². The largest absolute Gasteiger partial charge is 0.415 e. The van der Waals surface area contributed by atoms with Gasteiger partial charge in [0.05, 0.1) is 39.0 Å². The Bertz CT molecular complexity index is 1840. The SMILES string of the molecule is CCCCCC(=O)NCCSSCCC(=O)CCCOCCOCCOCCCC(=O)CCC(=O)N1Cc2ccccc2C2NN=NC2c2ccccc21.CCCCCCCCCCC[Si](C)(C)OC(C)C. The van der Waals surface area contributed by atoms with Crippen molar-refractivity contribution in [3.05, 3.63) is 65.2 Å². The lowest BCUT2D eigenvalue weighted by atomic mass is 9.88. The Morgan fingerprint density at radius 1 is 0.667 bits per heavy atom. The minimum Gasteiger partial charge on any atom is -0.415 e. The molecule has 2 aromatic rings. The van der Waals surface area contributed by atoms with Crippen LogP contribution in [0.5, 0.6) is 0 Å². The summed E-state index contributed by atoms with van der Waals surface area (Å²) in [4.78, 5) is 51.8. The highest BCUT2D eigenvalue weighted by molar-refractivity contribution is 8.76. The second kappa shape index (κ2) is 39.3. The monoisotopic (exact) mass is 1060 g/mol. The van der Waals surface area contributed by atoms with Gasteiger partial charge in [0.2, 0.25) is 11.8 Å². The van der Waals surface area contributed by atoms with Crippen molar-refractivity contribution >= 4 is 59.0 Å². The van der Waals surface area contributed by atoms with E-state index in [1.165, 1.54) is 63.8 Å². The number of nitrogens with one attached hydrogen (secondary N) is 2. The van der Waals surface area contributed by atoms with Crippen molar-refractivity contribution in [2.45, 2.75) is 200 Å². The van der Waals surface area contributed by atoms with Crippen LogP contribution >= 0.6 is 21.6 Å². The molecule has 0 aromatic heterocycles.